The summed E-state index contributed by atoms with van der Waals surface area (Å²) in [6.45, 7) is 2.54. The molecule has 0 heterocycles. The Morgan fingerprint density at radius 1 is 1.50 bits per heavy atom. The number of hydrogen-bond donors (Lipinski definition) is 0. The second-order valence-corrected chi connectivity index (χ2v) is 3.73. The quantitative estimate of drug-likeness (QED) is 0.636. The van der Waals surface area contributed by atoms with Crippen molar-refractivity contribution in [1.29, 1.82) is 0 Å². The molecule has 3 nitrogen and oxygen atoms in total. The third-order valence-corrected chi connectivity index (χ3v) is 2.50. The van der Waals surface area contributed by atoms with E-state index in [2.05, 4.69) is 27.3 Å². The van der Waals surface area contributed by atoms with Gasteiger partial charge in [-0.05, 0) is 47.7 Å². The molecule has 0 atom stereocenters. The van der Waals surface area contributed by atoms with Crippen LogP contribution in [0.15, 0.2) is 18.2 Å². The third kappa shape index (κ3) is 2.60. The minimum absolute atomic E-state index is 0.328. The van der Waals surface area contributed by atoms with E-state index in [0.717, 1.165) is 9.32 Å². The van der Waals surface area contributed by atoms with Crippen molar-refractivity contribution in [2.24, 2.45) is 0 Å². The number of benzene rings is 1. The molecule has 0 aliphatic carbocycles. The summed E-state index contributed by atoms with van der Waals surface area (Å²) in [5, 5.41) is 0. The van der Waals surface area contributed by atoms with Crippen LogP contribution in [0.1, 0.15) is 17.3 Å². The first-order chi connectivity index (χ1) is 6.69. The smallest absolute Gasteiger partial charge is 0.337 e. The maximum atomic E-state index is 11.2. The van der Waals surface area contributed by atoms with Gasteiger partial charge >= 0.3 is 5.97 Å². The predicted octanol–water partition coefficient (Wildman–Crippen LogP) is 2.48. The van der Waals surface area contributed by atoms with Crippen LogP contribution in [0.3, 0.4) is 0 Å². The summed E-state index contributed by atoms with van der Waals surface area (Å²) < 4.78 is 10.9. The van der Waals surface area contributed by atoms with Crippen LogP contribution < -0.4 is 4.74 Å². The Kier molecular flexibility index (Phi) is 4.19. The van der Waals surface area contributed by atoms with E-state index >= 15 is 0 Å². The molecular formula is C10H11IO3. The highest BCUT2D eigenvalue weighted by atomic mass is 127. The lowest BCUT2D eigenvalue weighted by Gasteiger charge is -2.06. The Labute approximate surface area is 96.5 Å². The van der Waals surface area contributed by atoms with Crippen LogP contribution in [-0.2, 0) is 4.74 Å². The van der Waals surface area contributed by atoms with Gasteiger partial charge in [0.05, 0.1) is 22.9 Å². The fraction of sp³-hybridized carbons (Fsp3) is 0.300. The molecule has 1 aromatic rings. The molecule has 4 heteroatoms. The van der Waals surface area contributed by atoms with E-state index in [9.17, 15) is 4.79 Å². The second kappa shape index (κ2) is 5.19. The molecule has 0 saturated heterocycles. The maximum Gasteiger partial charge on any atom is 0.337 e. The Morgan fingerprint density at radius 2 is 2.21 bits per heavy atom. The first kappa shape index (κ1) is 11.3. The normalized spacial score (nSPS) is 9.64. The van der Waals surface area contributed by atoms with Gasteiger partial charge < -0.3 is 9.47 Å². The minimum Gasteiger partial charge on any atom is -0.493 e. The molecule has 1 rings (SSSR count). The number of ether oxygens (including phenoxy) is 2. The number of halogens is 1. The van der Waals surface area contributed by atoms with Gasteiger partial charge in [-0.25, -0.2) is 4.79 Å². The van der Waals surface area contributed by atoms with Crippen molar-refractivity contribution in [3.63, 3.8) is 0 Å². The molecule has 0 spiro atoms. The highest BCUT2D eigenvalue weighted by Crippen LogP contribution is 2.22. The molecular weight excluding hydrogens is 295 g/mol. The van der Waals surface area contributed by atoms with E-state index in [-0.39, 0.29) is 5.97 Å². The molecule has 0 fully saturated rings. The molecule has 1 aromatic carbocycles. The lowest BCUT2D eigenvalue weighted by atomic mass is 10.2. The number of carbonyl (C=O) groups excluding carboxylic acids is 1. The summed E-state index contributed by atoms with van der Waals surface area (Å²) in [4.78, 5) is 11.2. The first-order valence-electron chi connectivity index (χ1n) is 4.19. The zero-order valence-electron chi connectivity index (χ0n) is 8.04. The van der Waals surface area contributed by atoms with Gasteiger partial charge in [0.25, 0.3) is 0 Å². The van der Waals surface area contributed by atoms with Gasteiger partial charge in [-0.15, -0.1) is 0 Å². The first-order valence-corrected chi connectivity index (χ1v) is 5.27. The topological polar surface area (TPSA) is 35.5 Å². The van der Waals surface area contributed by atoms with Gasteiger partial charge in [0.15, 0.2) is 0 Å². The molecule has 76 valence electrons. The largest absolute Gasteiger partial charge is 0.493 e. The van der Waals surface area contributed by atoms with Gasteiger partial charge in [0.1, 0.15) is 5.75 Å². The fourth-order valence-corrected chi connectivity index (χ4v) is 1.69. The maximum absolute atomic E-state index is 11.2. The third-order valence-electron chi connectivity index (χ3n) is 1.65. The van der Waals surface area contributed by atoms with Crippen LogP contribution in [-0.4, -0.2) is 19.7 Å². The number of rotatable bonds is 3. The summed E-state index contributed by atoms with van der Waals surface area (Å²) >= 11 is 2.13. The zero-order valence-corrected chi connectivity index (χ0v) is 10.2. The minimum atomic E-state index is -0.328. The van der Waals surface area contributed by atoms with Crippen LogP contribution in [0.4, 0.5) is 0 Å². The molecule has 0 aromatic heterocycles. The number of esters is 1. The molecule has 0 unspecified atom stereocenters. The summed E-state index contributed by atoms with van der Waals surface area (Å²) in [6, 6.07) is 5.22. The van der Waals surface area contributed by atoms with E-state index in [1.807, 2.05) is 6.92 Å². The highest BCUT2D eigenvalue weighted by Gasteiger charge is 2.08. The van der Waals surface area contributed by atoms with Crippen LogP contribution in [0.5, 0.6) is 5.75 Å². The van der Waals surface area contributed by atoms with Crippen molar-refractivity contribution >= 4 is 28.6 Å². The van der Waals surface area contributed by atoms with Gasteiger partial charge in [0, 0.05) is 0 Å². The van der Waals surface area contributed by atoms with Gasteiger partial charge in [-0.3, -0.25) is 0 Å². The average Bonchev–Trinajstić information content (AvgIpc) is 2.20. The standard InChI is InChI=1S/C10H11IO3/c1-3-14-9-5-4-7(6-8(9)11)10(12)13-2/h4-6H,3H2,1-2H3. The van der Waals surface area contributed by atoms with Crippen molar-refractivity contribution in [2.75, 3.05) is 13.7 Å². The number of methoxy groups -OCH3 is 1. The van der Waals surface area contributed by atoms with Gasteiger partial charge in [-0.2, -0.15) is 0 Å². The van der Waals surface area contributed by atoms with Crippen molar-refractivity contribution in [1.82, 2.24) is 0 Å². The van der Waals surface area contributed by atoms with E-state index < -0.39 is 0 Å². The lowest BCUT2D eigenvalue weighted by molar-refractivity contribution is 0.0600. The van der Waals surface area contributed by atoms with Crippen LogP contribution in [0.2, 0.25) is 0 Å². The Morgan fingerprint density at radius 3 is 2.71 bits per heavy atom. The van der Waals surface area contributed by atoms with E-state index in [0.29, 0.717) is 12.2 Å². The fourth-order valence-electron chi connectivity index (χ4n) is 1.02. The molecule has 0 aliphatic heterocycles. The summed E-state index contributed by atoms with van der Waals surface area (Å²) in [6.07, 6.45) is 0. The Balaban J connectivity index is 2.94. The molecule has 0 aliphatic rings. The SMILES string of the molecule is CCOc1ccc(C(=O)OC)cc1I. The number of carbonyl (C=O) groups is 1. The van der Waals surface area contributed by atoms with E-state index in [4.69, 9.17) is 4.74 Å². The van der Waals surface area contributed by atoms with E-state index in [1.165, 1.54) is 7.11 Å². The van der Waals surface area contributed by atoms with Gasteiger partial charge in [0.2, 0.25) is 0 Å². The zero-order chi connectivity index (χ0) is 10.6. The van der Waals surface area contributed by atoms with E-state index in [1.54, 1.807) is 18.2 Å². The molecule has 0 radical (unpaired) electrons. The van der Waals surface area contributed by atoms with Crippen LogP contribution >= 0.6 is 22.6 Å². The van der Waals surface area contributed by atoms with Crippen molar-refractivity contribution < 1.29 is 14.3 Å². The van der Waals surface area contributed by atoms with Crippen molar-refractivity contribution in [3.05, 3.63) is 27.3 Å². The van der Waals surface area contributed by atoms with Crippen molar-refractivity contribution in [2.45, 2.75) is 6.92 Å². The van der Waals surface area contributed by atoms with Gasteiger partial charge in [-0.1, -0.05) is 0 Å². The second-order valence-electron chi connectivity index (χ2n) is 2.57. The summed E-state index contributed by atoms with van der Waals surface area (Å²) in [7, 11) is 1.37. The molecule has 0 amide bonds. The highest BCUT2D eigenvalue weighted by molar-refractivity contribution is 14.1. The lowest BCUT2D eigenvalue weighted by Crippen LogP contribution is -2.02. The molecule has 14 heavy (non-hydrogen) atoms. The molecule has 0 saturated carbocycles. The molecule has 0 bridgehead atoms. The van der Waals surface area contributed by atoms with Crippen LogP contribution in [0, 0.1) is 3.57 Å². The predicted molar refractivity (Wildman–Crippen MR) is 61.7 cm³/mol. The van der Waals surface area contributed by atoms with Crippen molar-refractivity contribution in [3.8, 4) is 5.75 Å². The molecule has 0 N–H and O–H groups in total. The Bertz CT molecular complexity index is 336. The Hall–Kier alpha value is -0.780. The monoisotopic (exact) mass is 306 g/mol. The van der Waals surface area contributed by atoms with Crippen LogP contribution in [0.25, 0.3) is 0 Å². The summed E-state index contributed by atoms with van der Waals surface area (Å²) in [5.74, 6) is 0.465. The summed E-state index contributed by atoms with van der Waals surface area (Å²) in [5.41, 5.74) is 0.542. The number of hydrogen-bond acceptors (Lipinski definition) is 3. The average molecular weight is 306 g/mol.